The summed E-state index contributed by atoms with van der Waals surface area (Å²) < 4.78 is 11.8. The van der Waals surface area contributed by atoms with Crippen molar-refractivity contribution in [3.05, 3.63) is 23.8 Å². The zero-order valence-electron chi connectivity index (χ0n) is 12.1. The molecular formula is C14H22N2O2S. The van der Waals surface area contributed by atoms with E-state index in [-0.39, 0.29) is 5.91 Å². The molecule has 0 radical (unpaired) electrons. The van der Waals surface area contributed by atoms with Gasteiger partial charge in [-0.25, -0.2) is 0 Å². The largest absolute Gasteiger partial charge is 0.398 e. The summed E-state index contributed by atoms with van der Waals surface area (Å²) in [6.07, 6.45) is 0. The van der Waals surface area contributed by atoms with Gasteiger partial charge in [0.15, 0.2) is 0 Å². The van der Waals surface area contributed by atoms with Crippen LogP contribution in [-0.2, 0) is 15.6 Å². The first-order valence-electron chi connectivity index (χ1n) is 6.21. The van der Waals surface area contributed by atoms with Crippen molar-refractivity contribution in [2.24, 2.45) is 0 Å². The van der Waals surface area contributed by atoms with Gasteiger partial charge >= 0.3 is 0 Å². The van der Waals surface area contributed by atoms with Gasteiger partial charge in [0, 0.05) is 26.9 Å². The Morgan fingerprint density at radius 3 is 2.47 bits per heavy atom. The summed E-state index contributed by atoms with van der Waals surface area (Å²) in [6.45, 7) is 9.10. The first kappa shape index (κ1) is 15.7. The smallest absolute Gasteiger partial charge is 0.239 e. The SMILES string of the molecule is Cc1c(N)cccc1NC(=O)C(C)S(=O)C(C)(C)C. The fraction of sp³-hybridized carbons (Fsp3) is 0.500. The topological polar surface area (TPSA) is 72.2 Å². The van der Waals surface area contributed by atoms with Crippen molar-refractivity contribution in [3.63, 3.8) is 0 Å². The maximum absolute atomic E-state index is 12.2. The molecule has 19 heavy (non-hydrogen) atoms. The Balaban J connectivity index is 2.86. The van der Waals surface area contributed by atoms with E-state index in [0.29, 0.717) is 11.4 Å². The number of carbonyl (C=O) groups is 1. The van der Waals surface area contributed by atoms with Gasteiger partial charge in [-0.15, -0.1) is 0 Å². The highest BCUT2D eigenvalue weighted by atomic mass is 32.2. The van der Waals surface area contributed by atoms with Crippen LogP contribution < -0.4 is 11.1 Å². The van der Waals surface area contributed by atoms with Gasteiger partial charge in [-0.3, -0.25) is 9.00 Å². The van der Waals surface area contributed by atoms with Crippen LogP contribution in [0, 0.1) is 6.92 Å². The number of amides is 1. The van der Waals surface area contributed by atoms with Crippen molar-refractivity contribution in [3.8, 4) is 0 Å². The Hall–Kier alpha value is -1.36. The predicted molar refractivity (Wildman–Crippen MR) is 81.6 cm³/mol. The van der Waals surface area contributed by atoms with Crippen LogP contribution in [0.1, 0.15) is 33.3 Å². The summed E-state index contributed by atoms with van der Waals surface area (Å²) in [6, 6.07) is 5.35. The molecule has 0 aliphatic heterocycles. The normalized spacial score (nSPS) is 14.8. The minimum atomic E-state index is -1.24. The van der Waals surface area contributed by atoms with Crippen LogP contribution in [0.15, 0.2) is 18.2 Å². The van der Waals surface area contributed by atoms with Gasteiger partial charge in [0.2, 0.25) is 5.91 Å². The molecule has 0 heterocycles. The van der Waals surface area contributed by atoms with E-state index >= 15 is 0 Å². The molecule has 0 aliphatic rings. The van der Waals surface area contributed by atoms with E-state index in [2.05, 4.69) is 5.32 Å². The lowest BCUT2D eigenvalue weighted by Crippen LogP contribution is -2.37. The standard InChI is InChI=1S/C14H22N2O2S/c1-9-11(15)7-6-8-12(9)16-13(17)10(2)19(18)14(3,4)5/h6-8,10H,15H2,1-5H3,(H,16,17). The second-order valence-corrected chi connectivity index (χ2v) is 8.09. The van der Waals surface area contributed by atoms with Gasteiger partial charge < -0.3 is 11.1 Å². The van der Waals surface area contributed by atoms with E-state index in [9.17, 15) is 9.00 Å². The molecule has 4 nitrogen and oxygen atoms in total. The summed E-state index contributed by atoms with van der Waals surface area (Å²) in [5.74, 6) is -0.248. The number of carbonyl (C=O) groups excluding carboxylic acids is 1. The Labute approximate surface area is 117 Å². The molecule has 1 rings (SSSR count). The van der Waals surface area contributed by atoms with Crippen molar-refractivity contribution >= 4 is 28.1 Å². The zero-order chi connectivity index (χ0) is 14.8. The first-order valence-corrected chi connectivity index (χ1v) is 7.42. The molecule has 0 aliphatic carbocycles. The Morgan fingerprint density at radius 1 is 1.37 bits per heavy atom. The summed E-state index contributed by atoms with van der Waals surface area (Å²) >= 11 is 0. The predicted octanol–water partition coefficient (Wildman–Crippen LogP) is 2.45. The van der Waals surface area contributed by atoms with Crippen molar-refractivity contribution in [2.75, 3.05) is 11.1 Å². The lowest BCUT2D eigenvalue weighted by molar-refractivity contribution is -0.115. The lowest BCUT2D eigenvalue weighted by atomic mass is 10.1. The highest BCUT2D eigenvalue weighted by Crippen LogP contribution is 2.22. The summed E-state index contributed by atoms with van der Waals surface area (Å²) in [4.78, 5) is 12.1. The third kappa shape index (κ3) is 3.80. The second-order valence-electron chi connectivity index (χ2n) is 5.56. The third-order valence-electron chi connectivity index (χ3n) is 2.93. The lowest BCUT2D eigenvalue weighted by Gasteiger charge is -2.22. The van der Waals surface area contributed by atoms with E-state index in [1.165, 1.54) is 0 Å². The van der Waals surface area contributed by atoms with Crippen LogP contribution in [0.2, 0.25) is 0 Å². The molecular weight excluding hydrogens is 260 g/mol. The van der Waals surface area contributed by atoms with Gasteiger partial charge in [0.1, 0.15) is 5.25 Å². The maximum atomic E-state index is 12.2. The van der Waals surface area contributed by atoms with Crippen LogP contribution in [0.4, 0.5) is 11.4 Å². The molecule has 1 aromatic carbocycles. The molecule has 0 spiro atoms. The molecule has 0 saturated carbocycles. The first-order chi connectivity index (χ1) is 8.64. The molecule has 106 valence electrons. The number of benzene rings is 1. The van der Waals surface area contributed by atoms with E-state index < -0.39 is 20.8 Å². The Kier molecular flexibility index (Phi) is 4.74. The van der Waals surface area contributed by atoms with Crippen LogP contribution in [-0.4, -0.2) is 20.1 Å². The van der Waals surface area contributed by atoms with E-state index in [1.54, 1.807) is 25.1 Å². The monoisotopic (exact) mass is 282 g/mol. The number of hydrogen-bond donors (Lipinski definition) is 2. The molecule has 2 unspecified atom stereocenters. The molecule has 0 aromatic heterocycles. The fourth-order valence-electron chi connectivity index (χ4n) is 1.65. The molecule has 1 amide bonds. The van der Waals surface area contributed by atoms with Gasteiger partial charge in [-0.2, -0.15) is 0 Å². The van der Waals surface area contributed by atoms with Crippen molar-refractivity contribution in [1.29, 1.82) is 0 Å². The van der Waals surface area contributed by atoms with E-state index in [4.69, 9.17) is 5.73 Å². The summed E-state index contributed by atoms with van der Waals surface area (Å²) in [5.41, 5.74) is 7.91. The zero-order valence-corrected chi connectivity index (χ0v) is 12.9. The number of nitrogen functional groups attached to an aromatic ring is 1. The minimum Gasteiger partial charge on any atom is -0.398 e. The number of nitrogens with one attached hydrogen (secondary N) is 1. The van der Waals surface area contributed by atoms with Gasteiger partial charge in [0.05, 0.1) is 0 Å². The Morgan fingerprint density at radius 2 is 1.95 bits per heavy atom. The average Bonchev–Trinajstić information content (AvgIpc) is 2.31. The van der Waals surface area contributed by atoms with E-state index in [1.807, 2.05) is 27.7 Å². The molecule has 0 bridgehead atoms. The van der Waals surface area contributed by atoms with Crippen molar-refractivity contribution < 1.29 is 9.00 Å². The van der Waals surface area contributed by atoms with Gasteiger partial charge in [0.25, 0.3) is 0 Å². The van der Waals surface area contributed by atoms with Crippen molar-refractivity contribution in [2.45, 2.75) is 44.6 Å². The van der Waals surface area contributed by atoms with Crippen LogP contribution in [0.3, 0.4) is 0 Å². The van der Waals surface area contributed by atoms with Gasteiger partial charge in [-0.1, -0.05) is 6.07 Å². The summed E-state index contributed by atoms with van der Waals surface area (Å²) in [5, 5.41) is 2.22. The van der Waals surface area contributed by atoms with Gasteiger partial charge in [-0.05, 0) is 52.3 Å². The fourth-order valence-corrected chi connectivity index (χ4v) is 2.96. The molecule has 3 N–H and O–H groups in total. The number of rotatable bonds is 3. The Bertz CT molecular complexity index is 507. The maximum Gasteiger partial charge on any atom is 0.239 e. The number of hydrogen-bond acceptors (Lipinski definition) is 3. The second kappa shape index (κ2) is 5.74. The van der Waals surface area contributed by atoms with E-state index in [0.717, 1.165) is 5.56 Å². The average molecular weight is 282 g/mol. The molecule has 0 fully saturated rings. The quantitative estimate of drug-likeness (QED) is 0.836. The van der Waals surface area contributed by atoms with Crippen LogP contribution in [0.25, 0.3) is 0 Å². The van der Waals surface area contributed by atoms with Crippen molar-refractivity contribution in [1.82, 2.24) is 0 Å². The highest BCUT2D eigenvalue weighted by Gasteiger charge is 2.29. The molecule has 0 saturated heterocycles. The molecule has 2 atom stereocenters. The minimum absolute atomic E-state index is 0.248. The number of nitrogens with two attached hydrogens (primary N) is 1. The highest BCUT2D eigenvalue weighted by molar-refractivity contribution is 7.87. The molecule has 5 heteroatoms. The number of anilines is 2. The third-order valence-corrected chi connectivity index (χ3v) is 4.99. The van der Waals surface area contributed by atoms with Crippen LogP contribution in [0.5, 0.6) is 0 Å². The van der Waals surface area contributed by atoms with Crippen LogP contribution >= 0.6 is 0 Å². The summed E-state index contributed by atoms with van der Waals surface area (Å²) in [7, 11) is -1.24. The molecule has 1 aromatic rings.